The molecule has 0 amide bonds. The highest BCUT2D eigenvalue weighted by Crippen LogP contribution is 2.25. The summed E-state index contributed by atoms with van der Waals surface area (Å²) in [5, 5.41) is 3.14. The predicted molar refractivity (Wildman–Crippen MR) is 71.7 cm³/mol. The average molecular weight is 304 g/mol. The van der Waals surface area contributed by atoms with Crippen molar-refractivity contribution in [3.8, 4) is 0 Å². The number of hydrogen-bond acceptors (Lipinski definition) is 6. The Bertz CT molecular complexity index is 347. The summed E-state index contributed by atoms with van der Waals surface area (Å²) < 4.78 is 6.17. The molecule has 0 bridgehead atoms. The molecule has 0 fully saturated rings. The smallest absolute Gasteiger partial charge is 0.159 e. The highest BCUT2D eigenvalue weighted by molar-refractivity contribution is 9.10. The maximum absolute atomic E-state index is 5.45. The molecule has 0 unspecified atom stereocenters. The summed E-state index contributed by atoms with van der Waals surface area (Å²) in [6, 6.07) is 0. The number of hydrogen-bond donors (Lipinski definition) is 3. The first kappa shape index (κ1) is 14.1. The lowest BCUT2D eigenvalue weighted by Crippen LogP contribution is -2.15. The summed E-state index contributed by atoms with van der Waals surface area (Å²) in [4.78, 5) is 8.06. The monoisotopic (exact) mass is 303 g/mol. The number of aromatic nitrogens is 2. The molecule has 0 aliphatic carbocycles. The van der Waals surface area contributed by atoms with Crippen molar-refractivity contribution >= 4 is 27.6 Å². The normalized spacial score (nSPS) is 10.6. The Kier molecular flexibility index (Phi) is 6.17. The van der Waals surface area contributed by atoms with Crippen LogP contribution in [0.2, 0.25) is 0 Å². The van der Waals surface area contributed by atoms with Crippen LogP contribution in [0.15, 0.2) is 10.8 Å². The second-order valence-corrected chi connectivity index (χ2v) is 4.72. The van der Waals surface area contributed by atoms with Crippen LogP contribution in [-0.2, 0) is 4.74 Å². The molecule has 0 saturated heterocycles. The van der Waals surface area contributed by atoms with E-state index in [0.717, 1.165) is 6.61 Å². The van der Waals surface area contributed by atoms with Crippen molar-refractivity contribution in [3.05, 3.63) is 10.8 Å². The van der Waals surface area contributed by atoms with Gasteiger partial charge in [-0.05, 0) is 21.8 Å². The van der Waals surface area contributed by atoms with Gasteiger partial charge in [0, 0.05) is 13.2 Å². The van der Waals surface area contributed by atoms with E-state index in [1.165, 1.54) is 6.33 Å². The Hall–Kier alpha value is -0.920. The molecule has 6 nitrogen and oxygen atoms in total. The van der Waals surface area contributed by atoms with Gasteiger partial charge in [-0.25, -0.2) is 15.8 Å². The third-order valence-electron chi connectivity index (χ3n) is 1.92. The molecule has 96 valence electrons. The van der Waals surface area contributed by atoms with E-state index in [-0.39, 0.29) is 0 Å². The summed E-state index contributed by atoms with van der Waals surface area (Å²) in [6.45, 7) is 6.33. The fourth-order valence-electron chi connectivity index (χ4n) is 1.15. The van der Waals surface area contributed by atoms with Gasteiger partial charge in [-0.15, -0.1) is 0 Å². The van der Waals surface area contributed by atoms with E-state index >= 15 is 0 Å². The van der Waals surface area contributed by atoms with Crippen molar-refractivity contribution < 1.29 is 4.74 Å². The van der Waals surface area contributed by atoms with Gasteiger partial charge in [0.15, 0.2) is 5.82 Å². The highest BCUT2D eigenvalue weighted by atomic mass is 79.9. The number of halogens is 1. The number of nitrogen functional groups attached to an aromatic ring is 1. The van der Waals surface area contributed by atoms with E-state index in [1.807, 2.05) is 0 Å². The fraction of sp³-hybridized carbons (Fsp3) is 0.600. The highest BCUT2D eigenvalue weighted by Gasteiger charge is 2.06. The van der Waals surface area contributed by atoms with Gasteiger partial charge in [0.05, 0.1) is 6.61 Å². The van der Waals surface area contributed by atoms with Crippen LogP contribution < -0.4 is 16.6 Å². The molecule has 0 aliphatic heterocycles. The maximum Gasteiger partial charge on any atom is 0.159 e. The van der Waals surface area contributed by atoms with Crippen LogP contribution in [0.5, 0.6) is 0 Å². The number of nitrogens with zero attached hydrogens (tertiary/aromatic N) is 2. The summed E-state index contributed by atoms with van der Waals surface area (Å²) >= 11 is 3.36. The topological polar surface area (TPSA) is 85.1 Å². The minimum atomic E-state index is 0.547. The number of nitrogens with one attached hydrogen (secondary N) is 2. The van der Waals surface area contributed by atoms with Crippen molar-refractivity contribution in [1.29, 1.82) is 0 Å². The van der Waals surface area contributed by atoms with Crippen molar-refractivity contribution in [1.82, 2.24) is 9.97 Å². The molecular weight excluding hydrogens is 286 g/mol. The van der Waals surface area contributed by atoms with Crippen molar-refractivity contribution in [2.75, 3.05) is 30.5 Å². The molecule has 0 atom stereocenters. The average Bonchev–Trinajstić information content (AvgIpc) is 2.30. The van der Waals surface area contributed by atoms with Gasteiger partial charge in [0.1, 0.15) is 16.6 Å². The number of nitrogens with two attached hydrogens (primary N) is 1. The van der Waals surface area contributed by atoms with Gasteiger partial charge in [-0.1, -0.05) is 13.8 Å². The van der Waals surface area contributed by atoms with Crippen LogP contribution >= 0.6 is 15.9 Å². The number of anilines is 2. The zero-order valence-corrected chi connectivity index (χ0v) is 11.6. The van der Waals surface area contributed by atoms with Gasteiger partial charge in [-0.2, -0.15) is 0 Å². The number of rotatable bonds is 7. The van der Waals surface area contributed by atoms with Crippen LogP contribution in [0, 0.1) is 5.92 Å². The first-order chi connectivity index (χ1) is 8.15. The quantitative estimate of drug-likeness (QED) is 0.403. The van der Waals surface area contributed by atoms with Crippen LogP contribution in [0.25, 0.3) is 0 Å². The van der Waals surface area contributed by atoms with Crippen LogP contribution in [0.1, 0.15) is 13.8 Å². The van der Waals surface area contributed by atoms with E-state index in [9.17, 15) is 0 Å². The van der Waals surface area contributed by atoms with Gasteiger partial charge in [0.25, 0.3) is 0 Å². The van der Waals surface area contributed by atoms with E-state index in [0.29, 0.717) is 35.2 Å². The van der Waals surface area contributed by atoms with Crippen molar-refractivity contribution in [2.24, 2.45) is 11.8 Å². The molecular formula is C10H18BrN5O. The molecule has 17 heavy (non-hydrogen) atoms. The second-order valence-electron chi connectivity index (χ2n) is 3.92. The van der Waals surface area contributed by atoms with Gasteiger partial charge >= 0.3 is 0 Å². The van der Waals surface area contributed by atoms with E-state index < -0.39 is 0 Å². The molecule has 0 saturated carbocycles. The standard InChI is InChI=1S/C10H18BrN5O/c1-7(2)5-17-4-3-13-9-8(11)10(16-12)15-6-14-9/h6-7H,3-5,12H2,1-2H3,(H2,13,14,15,16). The van der Waals surface area contributed by atoms with Crippen LogP contribution in [-0.4, -0.2) is 29.7 Å². The minimum absolute atomic E-state index is 0.547. The van der Waals surface area contributed by atoms with Gasteiger partial charge < -0.3 is 15.5 Å². The van der Waals surface area contributed by atoms with Gasteiger partial charge in [-0.3, -0.25) is 0 Å². The zero-order valence-electron chi connectivity index (χ0n) is 10.0. The van der Waals surface area contributed by atoms with E-state index in [2.05, 4.69) is 50.5 Å². The Morgan fingerprint density at radius 2 is 2.12 bits per heavy atom. The molecule has 1 aromatic rings. The first-order valence-electron chi connectivity index (χ1n) is 5.44. The summed E-state index contributed by atoms with van der Waals surface area (Å²) in [5.74, 6) is 7.10. The lowest BCUT2D eigenvalue weighted by molar-refractivity contribution is 0.118. The number of hydrazine groups is 1. The van der Waals surface area contributed by atoms with Crippen molar-refractivity contribution in [3.63, 3.8) is 0 Å². The van der Waals surface area contributed by atoms with E-state index in [1.54, 1.807) is 0 Å². The molecule has 1 heterocycles. The largest absolute Gasteiger partial charge is 0.379 e. The van der Waals surface area contributed by atoms with Crippen molar-refractivity contribution in [2.45, 2.75) is 13.8 Å². The zero-order chi connectivity index (χ0) is 12.7. The van der Waals surface area contributed by atoms with Crippen LogP contribution in [0.4, 0.5) is 11.6 Å². The molecule has 0 aromatic carbocycles. The maximum atomic E-state index is 5.45. The van der Waals surface area contributed by atoms with Crippen LogP contribution in [0.3, 0.4) is 0 Å². The Balaban J connectivity index is 2.36. The Labute approximate surface area is 109 Å². The molecule has 0 radical (unpaired) electrons. The molecule has 0 spiro atoms. The fourth-order valence-corrected chi connectivity index (χ4v) is 1.61. The predicted octanol–water partition coefficient (Wildman–Crippen LogP) is 1.61. The Morgan fingerprint density at radius 3 is 2.76 bits per heavy atom. The lowest BCUT2D eigenvalue weighted by atomic mass is 10.2. The minimum Gasteiger partial charge on any atom is -0.379 e. The third kappa shape index (κ3) is 4.84. The molecule has 7 heteroatoms. The first-order valence-corrected chi connectivity index (χ1v) is 6.23. The molecule has 0 aliphatic rings. The van der Waals surface area contributed by atoms with Gasteiger partial charge in [0.2, 0.25) is 0 Å². The number of ether oxygens (including phenoxy) is 1. The Morgan fingerprint density at radius 1 is 1.41 bits per heavy atom. The third-order valence-corrected chi connectivity index (χ3v) is 2.67. The second kappa shape index (κ2) is 7.41. The molecule has 4 N–H and O–H groups in total. The summed E-state index contributed by atoms with van der Waals surface area (Å²) in [6.07, 6.45) is 1.44. The molecule has 1 rings (SSSR count). The lowest BCUT2D eigenvalue weighted by Gasteiger charge is -2.10. The van der Waals surface area contributed by atoms with E-state index in [4.69, 9.17) is 10.6 Å². The molecule has 1 aromatic heterocycles. The summed E-state index contributed by atoms with van der Waals surface area (Å²) in [7, 11) is 0. The SMILES string of the molecule is CC(C)COCCNc1ncnc(NN)c1Br. The summed E-state index contributed by atoms with van der Waals surface area (Å²) in [5.41, 5.74) is 2.48.